The molecule has 2 heterocycles. The standard InChI is InChI=1S/C18H19BrN2O3/c1-24-15-10-16(22)21-8-3-2-7-14(21)17(15)18(23)20-11-12-5-4-6-13(19)9-12/h4-6,9-10H,2-3,7-8,11H2,1H3,(H,20,23). The van der Waals surface area contributed by atoms with Crippen LogP contribution in [0.3, 0.4) is 0 Å². The Labute approximate surface area is 148 Å². The van der Waals surface area contributed by atoms with E-state index in [9.17, 15) is 9.59 Å². The molecule has 5 nitrogen and oxygen atoms in total. The average Bonchev–Trinajstić information content (AvgIpc) is 2.59. The lowest BCUT2D eigenvalue weighted by atomic mass is 10.0. The van der Waals surface area contributed by atoms with E-state index in [4.69, 9.17) is 4.74 Å². The lowest BCUT2D eigenvalue weighted by Crippen LogP contribution is -2.32. The number of carbonyl (C=O) groups excluding carboxylic acids is 1. The fourth-order valence-corrected chi connectivity index (χ4v) is 3.51. The van der Waals surface area contributed by atoms with Crippen LogP contribution >= 0.6 is 15.9 Å². The maximum absolute atomic E-state index is 12.7. The maximum atomic E-state index is 12.7. The van der Waals surface area contributed by atoms with E-state index in [1.807, 2.05) is 24.3 Å². The summed E-state index contributed by atoms with van der Waals surface area (Å²) in [7, 11) is 1.49. The van der Waals surface area contributed by atoms with E-state index in [-0.39, 0.29) is 11.5 Å². The molecule has 3 rings (SSSR count). The molecule has 24 heavy (non-hydrogen) atoms. The molecule has 1 aromatic carbocycles. The van der Waals surface area contributed by atoms with Gasteiger partial charge in [0.25, 0.3) is 11.5 Å². The number of halogens is 1. The summed E-state index contributed by atoms with van der Waals surface area (Å²) in [6.45, 7) is 1.07. The van der Waals surface area contributed by atoms with Crippen molar-refractivity contribution >= 4 is 21.8 Å². The second kappa shape index (κ2) is 7.21. The largest absolute Gasteiger partial charge is 0.496 e. The summed E-state index contributed by atoms with van der Waals surface area (Å²) in [4.78, 5) is 24.9. The first-order valence-electron chi connectivity index (χ1n) is 7.93. The predicted octanol–water partition coefficient (Wildman–Crippen LogP) is 2.89. The molecule has 0 aliphatic carbocycles. The zero-order valence-electron chi connectivity index (χ0n) is 13.5. The van der Waals surface area contributed by atoms with Crippen molar-refractivity contribution in [3.05, 3.63) is 62.0 Å². The topological polar surface area (TPSA) is 60.3 Å². The Hall–Kier alpha value is -2.08. The Morgan fingerprint density at radius 3 is 2.92 bits per heavy atom. The zero-order chi connectivity index (χ0) is 17.1. The van der Waals surface area contributed by atoms with E-state index in [0.717, 1.165) is 28.6 Å². The van der Waals surface area contributed by atoms with Gasteiger partial charge in [0.05, 0.1) is 7.11 Å². The van der Waals surface area contributed by atoms with Crippen LogP contribution in [0.2, 0.25) is 0 Å². The summed E-state index contributed by atoms with van der Waals surface area (Å²) in [5.41, 5.74) is 2.15. The molecule has 6 heteroatoms. The molecule has 1 aromatic heterocycles. The Morgan fingerprint density at radius 1 is 1.33 bits per heavy atom. The van der Waals surface area contributed by atoms with Crippen LogP contribution in [0.25, 0.3) is 0 Å². The number of benzene rings is 1. The van der Waals surface area contributed by atoms with E-state index in [2.05, 4.69) is 21.2 Å². The minimum absolute atomic E-state index is 0.106. The third kappa shape index (κ3) is 3.38. The first-order chi connectivity index (χ1) is 11.6. The van der Waals surface area contributed by atoms with Gasteiger partial charge in [0.1, 0.15) is 11.3 Å². The Kier molecular flexibility index (Phi) is 5.04. The molecule has 0 radical (unpaired) electrons. The van der Waals surface area contributed by atoms with Crippen molar-refractivity contribution in [3.8, 4) is 5.75 Å². The average molecular weight is 391 g/mol. The van der Waals surface area contributed by atoms with Crippen molar-refractivity contribution in [3.63, 3.8) is 0 Å². The highest BCUT2D eigenvalue weighted by Gasteiger charge is 2.23. The quantitative estimate of drug-likeness (QED) is 0.872. The molecule has 0 saturated carbocycles. The van der Waals surface area contributed by atoms with E-state index in [1.54, 1.807) is 4.57 Å². The molecule has 1 N–H and O–H groups in total. The second-order valence-corrected chi connectivity index (χ2v) is 6.71. The van der Waals surface area contributed by atoms with Gasteiger partial charge in [-0.2, -0.15) is 0 Å². The van der Waals surface area contributed by atoms with Gasteiger partial charge in [-0.05, 0) is 37.0 Å². The lowest BCUT2D eigenvalue weighted by molar-refractivity contribution is 0.0945. The number of amides is 1. The van der Waals surface area contributed by atoms with Gasteiger partial charge in [-0.1, -0.05) is 28.1 Å². The van der Waals surface area contributed by atoms with Crippen LogP contribution in [0.5, 0.6) is 5.75 Å². The van der Waals surface area contributed by atoms with Gasteiger partial charge in [0.15, 0.2) is 0 Å². The first-order valence-corrected chi connectivity index (χ1v) is 8.73. The van der Waals surface area contributed by atoms with Crippen molar-refractivity contribution in [2.45, 2.75) is 32.4 Å². The Balaban J connectivity index is 1.90. The van der Waals surface area contributed by atoms with E-state index < -0.39 is 0 Å². The molecule has 0 atom stereocenters. The highest BCUT2D eigenvalue weighted by atomic mass is 79.9. The van der Waals surface area contributed by atoms with Crippen LogP contribution in [0.15, 0.2) is 39.6 Å². The zero-order valence-corrected chi connectivity index (χ0v) is 15.1. The molecule has 0 unspecified atom stereocenters. The van der Waals surface area contributed by atoms with Crippen molar-refractivity contribution in [1.82, 2.24) is 9.88 Å². The van der Waals surface area contributed by atoms with Crippen LogP contribution in [-0.4, -0.2) is 17.6 Å². The molecular formula is C18H19BrN2O3. The number of aromatic nitrogens is 1. The summed E-state index contributed by atoms with van der Waals surface area (Å²) in [5, 5.41) is 2.93. The number of hydrogen-bond acceptors (Lipinski definition) is 3. The summed E-state index contributed by atoms with van der Waals surface area (Å²) >= 11 is 3.42. The molecule has 1 aliphatic heterocycles. The molecule has 126 valence electrons. The van der Waals surface area contributed by atoms with Crippen LogP contribution < -0.4 is 15.6 Å². The number of carbonyl (C=O) groups is 1. The lowest BCUT2D eigenvalue weighted by Gasteiger charge is -2.22. The summed E-state index contributed by atoms with van der Waals surface area (Å²) in [6, 6.07) is 9.18. The van der Waals surface area contributed by atoms with E-state index in [0.29, 0.717) is 30.8 Å². The van der Waals surface area contributed by atoms with Gasteiger partial charge >= 0.3 is 0 Å². The first kappa shape index (κ1) is 16.8. The Bertz CT molecular complexity index is 829. The van der Waals surface area contributed by atoms with Gasteiger partial charge < -0.3 is 14.6 Å². The predicted molar refractivity (Wildman–Crippen MR) is 95.5 cm³/mol. The fraction of sp³-hybridized carbons (Fsp3) is 0.333. The number of nitrogens with zero attached hydrogens (tertiary/aromatic N) is 1. The monoisotopic (exact) mass is 390 g/mol. The minimum Gasteiger partial charge on any atom is -0.496 e. The molecule has 0 saturated heterocycles. The fourth-order valence-electron chi connectivity index (χ4n) is 3.06. The summed E-state index contributed by atoms with van der Waals surface area (Å²) in [6.07, 6.45) is 2.64. The van der Waals surface area contributed by atoms with Crippen molar-refractivity contribution in [2.75, 3.05) is 7.11 Å². The van der Waals surface area contributed by atoms with Crippen LogP contribution in [0, 0.1) is 0 Å². The SMILES string of the molecule is COc1cc(=O)n2c(c1C(=O)NCc1cccc(Br)c1)CCCC2. The van der Waals surface area contributed by atoms with E-state index >= 15 is 0 Å². The van der Waals surface area contributed by atoms with Gasteiger partial charge in [-0.15, -0.1) is 0 Å². The minimum atomic E-state index is -0.211. The third-order valence-corrected chi connectivity index (χ3v) is 4.71. The van der Waals surface area contributed by atoms with Gasteiger partial charge in [-0.25, -0.2) is 0 Å². The molecular weight excluding hydrogens is 372 g/mol. The molecule has 2 aromatic rings. The number of ether oxygens (including phenoxy) is 1. The number of pyridine rings is 1. The highest BCUT2D eigenvalue weighted by molar-refractivity contribution is 9.10. The summed E-state index contributed by atoms with van der Waals surface area (Å²) in [5.74, 6) is 0.136. The van der Waals surface area contributed by atoms with Crippen molar-refractivity contribution in [1.29, 1.82) is 0 Å². The van der Waals surface area contributed by atoms with Crippen LogP contribution in [-0.2, 0) is 19.5 Å². The van der Waals surface area contributed by atoms with Crippen molar-refractivity contribution in [2.24, 2.45) is 0 Å². The molecule has 0 bridgehead atoms. The van der Waals surface area contributed by atoms with Gasteiger partial charge in [-0.3, -0.25) is 9.59 Å². The molecule has 1 aliphatic rings. The second-order valence-electron chi connectivity index (χ2n) is 5.79. The highest BCUT2D eigenvalue weighted by Crippen LogP contribution is 2.25. The Morgan fingerprint density at radius 2 is 2.17 bits per heavy atom. The summed E-state index contributed by atoms with van der Waals surface area (Å²) < 4.78 is 7.97. The van der Waals surface area contributed by atoms with Crippen LogP contribution in [0.4, 0.5) is 0 Å². The van der Waals surface area contributed by atoms with Crippen molar-refractivity contribution < 1.29 is 9.53 Å². The number of nitrogens with one attached hydrogen (secondary N) is 1. The number of hydrogen-bond donors (Lipinski definition) is 1. The van der Waals surface area contributed by atoms with E-state index in [1.165, 1.54) is 13.2 Å². The molecule has 0 spiro atoms. The van der Waals surface area contributed by atoms with Gasteiger partial charge in [0, 0.05) is 29.3 Å². The normalized spacial score (nSPS) is 13.2. The molecule has 1 amide bonds. The smallest absolute Gasteiger partial charge is 0.257 e. The maximum Gasteiger partial charge on any atom is 0.257 e. The number of methoxy groups -OCH3 is 1. The number of rotatable bonds is 4. The molecule has 0 fully saturated rings. The van der Waals surface area contributed by atoms with Crippen LogP contribution in [0.1, 0.15) is 34.5 Å². The third-order valence-electron chi connectivity index (χ3n) is 4.22. The van der Waals surface area contributed by atoms with Gasteiger partial charge in [0.2, 0.25) is 0 Å². The number of fused-ring (bicyclic) bond motifs is 1.